The molecule has 0 fully saturated rings. The van der Waals surface area contributed by atoms with Gasteiger partial charge in [0, 0.05) is 6.42 Å². The molecule has 0 N–H and O–H groups in total. The zero-order valence-corrected chi connectivity index (χ0v) is 10.7. The molecule has 3 heteroatoms. The van der Waals surface area contributed by atoms with Gasteiger partial charge in [-0.2, -0.15) is 0 Å². The second kappa shape index (κ2) is 8.31. The van der Waals surface area contributed by atoms with E-state index in [4.69, 9.17) is 4.74 Å². The maximum absolute atomic E-state index is 11.3. The van der Waals surface area contributed by atoms with Gasteiger partial charge in [-0.05, 0) is 19.3 Å². The molecule has 0 bridgehead atoms. The third-order valence-corrected chi connectivity index (χ3v) is 2.62. The summed E-state index contributed by atoms with van der Waals surface area (Å²) >= 11 is 0. The maximum Gasteiger partial charge on any atom is 0.306 e. The number of esters is 1. The second-order valence-corrected chi connectivity index (χ2v) is 4.13. The minimum atomic E-state index is -0.989. The van der Waals surface area contributed by atoms with Gasteiger partial charge in [0.25, 0.3) is 0 Å². The largest absolute Gasteiger partial charge is 0.451 e. The fourth-order valence-electron chi connectivity index (χ4n) is 1.70. The van der Waals surface area contributed by atoms with Crippen molar-refractivity contribution in [3.05, 3.63) is 0 Å². The van der Waals surface area contributed by atoms with Crippen molar-refractivity contribution in [1.29, 1.82) is 0 Å². The number of carbonyl (C=O) groups excluding carboxylic acids is 2. The highest BCUT2D eigenvalue weighted by Gasteiger charge is 2.33. The van der Waals surface area contributed by atoms with Gasteiger partial charge in [0.05, 0.1) is 0 Å². The fourth-order valence-corrected chi connectivity index (χ4v) is 1.70. The Balaban J connectivity index is 4.43. The van der Waals surface area contributed by atoms with Crippen molar-refractivity contribution in [3.63, 3.8) is 0 Å². The number of unbranched alkanes of at least 4 members (excludes halogenated alkanes) is 2. The Morgan fingerprint density at radius 3 is 2.25 bits per heavy atom. The lowest BCUT2D eigenvalue weighted by Crippen LogP contribution is -2.36. The van der Waals surface area contributed by atoms with E-state index in [0.717, 1.165) is 25.7 Å². The number of ether oxygens (including phenoxy) is 1. The topological polar surface area (TPSA) is 43.4 Å². The van der Waals surface area contributed by atoms with E-state index in [1.54, 1.807) is 6.92 Å². The average Bonchev–Trinajstić information content (AvgIpc) is 2.29. The summed E-state index contributed by atoms with van der Waals surface area (Å²) in [4.78, 5) is 22.4. The van der Waals surface area contributed by atoms with Crippen molar-refractivity contribution >= 4 is 12.3 Å². The Morgan fingerprint density at radius 1 is 1.12 bits per heavy atom. The average molecular weight is 227 g/mol. The molecule has 16 heavy (non-hydrogen) atoms. The van der Waals surface area contributed by atoms with Crippen molar-refractivity contribution in [2.24, 2.45) is 0 Å². The van der Waals surface area contributed by atoms with E-state index in [1.807, 2.05) is 13.2 Å². The molecule has 0 aromatic carbocycles. The molecule has 0 heterocycles. The zero-order valence-electron chi connectivity index (χ0n) is 10.7. The number of carbonyl (C=O) groups is 1. The van der Waals surface area contributed by atoms with E-state index >= 15 is 0 Å². The summed E-state index contributed by atoms with van der Waals surface area (Å²) in [6, 6.07) is 0. The van der Waals surface area contributed by atoms with Crippen LogP contribution in [0.4, 0.5) is 0 Å². The fraction of sp³-hybridized carbons (Fsp3) is 0.846. The molecule has 0 aliphatic heterocycles. The van der Waals surface area contributed by atoms with E-state index in [-0.39, 0.29) is 5.97 Å². The maximum atomic E-state index is 11.3. The molecule has 0 rings (SSSR count). The van der Waals surface area contributed by atoms with Gasteiger partial charge >= 0.3 is 5.97 Å². The van der Waals surface area contributed by atoms with Gasteiger partial charge in [0.1, 0.15) is 0 Å². The predicted molar refractivity (Wildman–Crippen MR) is 63.9 cm³/mol. The highest BCUT2D eigenvalue weighted by molar-refractivity contribution is 5.74. The first kappa shape index (κ1) is 15.1. The SMILES string of the molecule is CCCCCC([C]=O)(CCC)OC(=O)CC. The predicted octanol–water partition coefficient (Wildman–Crippen LogP) is 3.17. The molecule has 0 aromatic rings. The Kier molecular flexibility index (Phi) is 7.86. The monoisotopic (exact) mass is 227 g/mol. The molecule has 1 atom stereocenters. The second-order valence-electron chi connectivity index (χ2n) is 4.13. The van der Waals surface area contributed by atoms with Crippen molar-refractivity contribution in [2.75, 3.05) is 0 Å². The van der Waals surface area contributed by atoms with Gasteiger partial charge in [0.2, 0.25) is 6.29 Å². The first-order valence-corrected chi connectivity index (χ1v) is 6.25. The lowest BCUT2D eigenvalue weighted by atomic mass is 9.92. The first-order chi connectivity index (χ1) is 7.64. The van der Waals surface area contributed by atoms with Crippen molar-refractivity contribution < 1.29 is 14.3 Å². The van der Waals surface area contributed by atoms with Crippen LogP contribution >= 0.6 is 0 Å². The summed E-state index contributed by atoms with van der Waals surface area (Å²) in [6.45, 7) is 5.81. The molecule has 93 valence electrons. The van der Waals surface area contributed by atoms with Crippen LogP contribution in [0.1, 0.15) is 65.7 Å². The third-order valence-electron chi connectivity index (χ3n) is 2.62. The molecule has 1 radical (unpaired) electrons. The molecule has 0 aliphatic rings. The molecule has 0 aromatic heterocycles. The minimum absolute atomic E-state index is 0.306. The summed E-state index contributed by atoms with van der Waals surface area (Å²) in [6.07, 6.45) is 7.29. The first-order valence-electron chi connectivity index (χ1n) is 6.25. The quantitative estimate of drug-likeness (QED) is 0.449. The highest BCUT2D eigenvalue weighted by Crippen LogP contribution is 2.24. The van der Waals surface area contributed by atoms with Crippen LogP contribution in [-0.2, 0) is 14.3 Å². The van der Waals surface area contributed by atoms with E-state index < -0.39 is 5.60 Å². The van der Waals surface area contributed by atoms with Crippen molar-refractivity contribution in [3.8, 4) is 0 Å². The van der Waals surface area contributed by atoms with E-state index in [9.17, 15) is 9.59 Å². The summed E-state index contributed by atoms with van der Waals surface area (Å²) in [5, 5.41) is 0. The number of hydrogen-bond donors (Lipinski definition) is 0. The van der Waals surface area contributed by atoms with Crippen LogP contribution in [0.5, 0.6) is 0 Å². The molecular weight excluding hydrogens is 204 g/mol. The van der Waals surface area contributed by atoms with Crippen molar-refractivity contribution in [2.45, 2.75) is 71.3 Å². The van der Waals surface area contributed by atoms with Gasteiger partial charge in [0.15, 0.2) is 5.60 Å². The summed E-state index contributed by atoms with van der Waals surface area (Å²) in [7, 11) is 0. The zero-order chi connectivity index (χ0) is 12.4. The Morgan fingerprint density at radius 2 is 1.81 bits per heavy atom. The normalized spacial score (nSPS) is 14.2. The smallest absolute Gasteiger partial charge is 0.306 e. The lowest BCUT2D eigenvalue weighted by molar-refractivity contribution is -0.154. The summed E-state index contributed by atoms with van der Waals surface area (Å²) in [5.74, 6) is -0.312. The van der Waals surface area contributed by atoms with Crippen LogP contribution in [-0.4, -0.2) is 17.9 Å². The summed E-state index contributed by atoms with van der Waals surface area (Å²) < 4.78 is 5.26. The number of rotatable bonds is 9. The van der Waals surface area contributed by atoms with Crippen molar-refractivity contribution in [1.82, 2.24) is 0 Å². The minimum Gasteiger partial charge on any atom is -0.451 e. The van der Waals surface area contributed by atoms with Gasteiger partial charge in [-0.15, -0.1) is 0 Å². The molecule has 3 nitrogen and oxygen atoms in total. The molecule has 1 unspecified atom stereocenters. The van der Waals surface area contributed by atoms with Crippen LogP contribution in [0, 0.1) is 0 Å². The third kappa shape index (κ3) is 5.29. The summed E-state index contributed by atoms with van der Waals surface area (Å²) in [5.41, 5.74) is -0.989. The molecule has 0 saturated heterocycles. The molecule has 0 saturated carbocycles. The Labute approximate surface area is 98.6 Å². The van der Waals surface area contributed by atoms with Gasteiger partial charge in [-0.3, -0.25) is 9.59 Å². The van der Waals surface area contributed by atoms with Gasteiger partial charge < -0.3 is 4.74 Å². The van der Waals surface area contributed by atoms with Crippen LogP contribution in [0.3, 0.4) is 0 Å². The Bertz CT molecular complexity index is 213. The van der Waals surface area contributed by atoms with Gasteiger partial charge in [-0.25, -0.2) is 0 Å². The number of hydrogen-bond acceptors (Lipinski definition) is 3. The van der Waals surface area contributed by atoms with Crippen LogP contribution in [0.25, 0.3) is 0 Å². The van der Waals surface area contributed by atoms with E-state index in [2.05, 4.69) is 6.92 Å². The molecular formula is C13H23O3. The van der Waals surface area contributed by atoms with Crippen LogP contribution in [0.15, 0.2) is 0 Å². The Hall–Kier alpha value is -0.860. The van der Waals surface area contributed by atoms with Gasteiger partial charge in [-0.1, -0.05) is 40.0 Å². The lowest BCUT2D eigenvalue weighted by Gasteiger charge is -2.26. The van der Waals surface area contributed by atoms with E-state index in [1.165, 1.54) is 0 Å². The van der Waals surface area contributed by atoms with Crippen LogP contribution in [0.2, 0.25) is 0 Å². The molecule has 0 aliphatic carbocycles. The van der Waals surface area contributed by atoms with Crippen LogP contribution < -0.4 is 0 Å². The molecule has 0 amide bonds. The molecule has 0 spiro atoms. The standard InChI is InChI=1S/C13H23O3/c1-4-7-8-10-13(11-14,9-5-2)16-12(15)6-3/h4-10H2,1-3H3. The highest BCUT2D eigenvalue weighted by atomic mass is 16.6. The van der Waals surface area contributed by atoms with E-state index in [0.29, 0.717) is 19.3 Å².